The van der Waals surface area contributed by atoms with Crippen molar-refractivity contribution in [2.75, 3.05) is 7.11 Å². The van der Waals surface area contributed by atoms with Crippen LogP contribution in [0.2, 0.25) is 0 Å². The van der Waals surface area contributed by atoms with Crippen molar-refractivity contribution in [2.45, 2.75) is 0 Å². The molecule has 0 saturated carbocycles. The van der Waals surface area contributed by atoms with E-state index in [0.29, 0.717) is 4.88 Å². The highest BCUT2D eigenvalue weighted by Gasteiger charge is 2.28. The summed E-state index contributed by atoms with van der Waals surface area (Å²) in [5, 5.41) is 9.63. The maximum atomic E-state index is 11.4. The molecule has 0 unspecified atom stereocenters. The van der Waals surface area contributed by atoms with Crippen LogP contribution in [-0.4, -0.2) is 13.1 Å². The van der Waals surface area contributed by atoms with E-state index in [-0.39, 0.29) is 5.69 Å². The summed E-state index contributed by atoms with van der Waals surface area (Å²) in [4.78, 5) is 14.8. The molecule has 0 bridgehead atoms. The van der Waals surface area contributed by atoms with Crippen molar-refractivity contribution in [3.05, 3.63) is 34.1 Å². The molecule has 1 aromatic heterocycles. The highest BCUT2D eigenvalue weighted by Crippen LogP contribution is 2.38. The lowest BCUT2D eigenvalue weighted by molar-refractivity contribution is 0.0607. The third-order valence-corrected chi connectivity index (χ3v) is 3.18. The number of methoxy groups -OCH3 is 1. The van der Waals surface area contributed by atoms with Gasteiger partial charge in [-0.25, -0.2) is 4.79 Å². The Morgan fingerprint density at radius 1 is 1.47 bits per heavy atom. The molecule has 1 heterocycles. The molecule has 5 heteroatoms. The normalized spacial score (nSPS) is 9.87. The number of diazo groups is 1. The monoisotopic (exact) mass is 219 g/mol. The first-order chi connectivity index (χ1) is 7.27. The van der Waals surface area contributed by atoms with Crippen LogP contribution in [0, 0.1) is 5.39 Å². The van der Waals surface area contributed by atoms with Gasteiger partial charge < -0.3 is 4.74 Å². The molecule has 74 valence electrons. The molecule has 0 radical (unpaired) electrons. The SMILES string of the molecule is COC(=O)c1sc2ccccc2c1[N+]#N. The van der Waals surface area contributed by atoms with Crippen molar-refractivity contribution < 1.29 is 9.53 Å². The Kier molecular flexibility index (Phi) is 2.35. The molecule has 2 rings (SSSR count). The lowest BCUT2D eigenvalue weighted by Crippen LogP contribution is -1.97. The number of hydrogen-bond acceptors (Lipinski definition) is 4. The van der Waals surface area contributed by atoms with Crippen molar-refractivity contribution in [3.8, 4) is 0 Å². The second-order valence-corrected chi connectivity index (χ2v) is 3.92. The first-order valence-corrected chi connectivity index (χ1v) is 5.04. The maximum Gasteiger partial charge on any atom is 0.418 e. The number of rotatable bonds is 1. The molecule has 0 amide bonds. The Morgan fingerprint density at radius 2 is 2.20 bits per heavy atom. The minimum Gasteiger partial charge on any atom is -0.465 e. The lowest BCUT2D eigenvalue weighted by atomic mass is 10.2. The zero-order valence-corrected chi connectivity index (χ0v) is 8.75. The van der Waals surface area contributed by atoms with E-state index in [2.05, 4.69) is 9.71 Å². The summed E-state index contributed by atoms with van der Waals surface area (Å²) in [6, 6.07) is 7.35. The van der Waals surface area contributed by atoms with Crippen molar-refractivity contribution in [1.82, 2.24) is 0 Å². The Labute approximate surface area is 89.7 Å². The van der Waals surface area contributed by atoms with E-state index in [0.717, 1.165) is 10.1 Å². The quantitative estimate of drug-likeness (QED) is 0.546. The number of carbonyl (C=O) groups is 1. The van der Waals surface area contributed by atoms with Crippen LogP contribution in [0.15, 0.2) is 24.3 Å². The predicted octanol–water partition coefficient (Wildman–Crippen LogP) is 3.17. The number of benzene rings is 1. The summed E-state index contributed by atoms with van der Waals surface area (Å²) in [7, 11) is 1.30. The first-order valence-electron chi connectivity index (χ1n) is 4.23. The highest BCUT2D eigenvalue weighted by atomic mass is 32.1. The number of thiophene rings is 1. The van der Waals surface area contributed by atoms with Gasteiger partial charge in [0.25, 0.3) is 0 Å². The number of hydrogen-bond donors (Lipinski definition) is 0. The molecular formula is C10H7N2O2S+. The molecular weight excluding hydrogens is 212 g/mol. The van der Waals surface area contributed by atoms with Crippen molar-refractivity contribution in [1.29, 1.82) is 5.39 Å². The topological polar surface area (TPSA) is 54.5 Å². The largest absolute Gasteiger partial charge is 0.465 e. The molecule has 0 saturated heterocycles. The summed E-state index contributed by atoms with van der Waals surface area (Å²) in [6.45, 7) is 0. The third kappa shape index (κ3) is 1.45. The van der Waals surface area contributed by atoms with Crippen molar-refractivity contribution in [3.63, 3.8) is 0 Å². The van der Waals surface area contributed by atoms with E-state index >= 15 is 0 Å². The number of esters is 1. The van der Waals surface area contributed by atoms with E-state index in [9.17, 15) is 4.79 Å². The molecule has 15 heavy (non-hydrogen) atoms. The Morgan fingerprint density at radius 3 is 2.87 bits per heavy atom. The van der Waals surface area contributed by atoms with Gasteiger partial charge >= 0.3 is 11.7 Å². The second kappa shape index (κ2) is 3.67. The average molecular weight is 219 g/mol. The van der Waals surface area contributed by atoms with Gasteiger partial charge in [0, 0.05) is 4.70 Å². The predicted molar refractivity (Wildman–Crippen MR) is 57.9 cm³/mol. The van der Waals surface area contributed by atoms with Gasteiger partial charge in [-0.05, 0) is 12.1 Å². The minimum atomic E-state index is -0.482. The van der Waals surface area contributed by atoms with E-state index in [1.807, 2.05) is 18.2 Å². The molecule has 4 nitrogen and oxygen atoms in total. The van der Waals surface area contributed by atoms with Crippen LogP contribution in [0.4, 0.5) is 5.69 Å². The van der Waals surface area contributed by atoms with Crippen molar-refractivity contribution in [2.24, 2.45) is 0 Å². The average Bonchev–Trinajstić information content (AvgIpc) is 2.66. The van der Waals surface area contributed by atoms with Gasteiger partial charge in [-0.15, -0.1) is 11.3 Å². The van der Waals surface area contributed by atoms with Gasteiger partial charge in [-0.3, -0.25) is 0 Å². The van der Waals surface area contributed by atoms with Crippen LogP contribution in [-0.2, 0) is 4.74 Å². The summed E-state index contributed by atoms with van der Waals surface area (Å²) in [5.74, 6) is -0.482. The fraction of sp³-hybridized carbons (Fsp3) is 0.100. The van der Waals surface area contributed by atoms with Crippen LogP contribution in [0.1, 0.15) is 9.67 Å². The summed E-state index contributed by atoms with van der Waals surface area (Å²) in [5.41, 5.74) is 0.280. The van der Waals surface area contributed by atoms with Gasteiger partial charge in [-0.2, -0.15) is 0 Å². The molecule has 0 fully saturated rings. The van der Waals surface area contributed by atoms with Gasteiger partial charge in [0.05, 0.1) is 12.5 Å². The highest BCUT2D eigenvalue weighted by molar-refractivity contribution is 7.21. The number of nitrogens with zero attached hydrogens (tertiary/aromatic N) is 2. The van der Waals surface area contributed by atoms with E-state index in [1.54, 1.807) is 6.07 Å². The van der Waals surface area contributed by atoms with E-state index in [1.165, 1.54) is 18.4 Å². The zero-order chi connectivity index (χ0) is 10.8. The fourth-order valence-electron chi connectivity index (χ4n) is 1.36. The molecule has 0 spiro atoms. The lowest BCUT2D eigenvalue weighted by Gasteiger charge is -1.88. The molecule has 0 N–H and O–H groups in total. The van der Waals surface area contributed by atoms with Crippen LogP contribution < -0.4 is 0 Å². The second-order valence-electron chi connectivity index (χ2n) is 2.87. The van der Waals surface area contributed by atoms with Crippen LogP contribution in [0.25, 0.3) is 15.1 Å². The molecule has 0 aliphatic heterocycles. The van der Waals surface area contributed by atoms with Crippen LogP contribution in [0.5, 0.6) is 0 Å². The first kappa shape index (κ1) is 9.62. The number of fused-ring (bicyclic) bond motifs is 1. The smallest absolute Gasteiger partial charge is 0.418 e. The summed E-state index contributed by atoms with van der Waals surface area (Å²) in [6.07, 6.45) is 0. The number of carbonyl (C=O) groups excluding carboxylic acids is 1. The van der Waals surface area contributed by atoms with E-state index < -0.39 is 5.97 Å². The Balaban J connectivity index is 2.76. The zero-order valence-electron chi connectivity index (χ0n) is 7.93. The molecule has 0 atom stereocenters. The van der Waals surface area contributed by atoms with Gasteiger partial charge in [-0.1, -0.05) is 12.1 Å². The molecule has 0 aliphatic carbocycles. The van der Waals surface area contributed by atoms with Gasteiger partial charge in [0.2, 0.25) is 10.3 Å². The molecule has 0 aliphatic rings. The third-order valence-electron chi connectivity index (χ3n) is 2.04. The molecule has 1 aromatic carbocycles. The van der Waals surface area contributed by atoms with Crippen LogP contribution >= 0.6 is 11.3 Å². The van der Waals surface area contributed by atoms with Gasteiger partial charge in [0.15, 0.2) is 4.98 Å². The maximum absolute atomic E-state index is 11.4. The molecule has 2 aromatic rings. The van der Waals surface area contributed by atoms with Crippen LogP contribution in [0.3, 0.4) is 0 Å². The fourth-order valence-corrected chi connectivity index (χ4v) is 2.42. The Hall–Kier alpha value is -1.93. The van der Waals surface area contributed by atoms with Crippen molar-refractivity contribution >= 4 is 33.1 Å². The Bertz CT molecular complexity index is 568. The number of ether oxygens (including phenoxy) is 1. The van der Waals surface area contributed by atoms with Gasteiger partial charge in [0.1, 0.15) is 0 Å². The summed E-state index contributed by atoms with van der Waals surface area (Å²) >= 11 is 1.25. The standard InChI is InChI=1S/C10H7N2O2S/c1-14-10(13)9-8(12-11)6-4-2-3-5-7(6)15-9/h2-5H,1H3/q+1. The minimum absolute atomic E-state index is 0.280. The summed E-state index contributed by atoms with van der Waals surface area (Å²) < 4.78 is 5.50. The van der Waals surface area contributed by atoms with E-state index in [4.69, 9.17) is 5.39 Å².